The number of ether oxygens (including phenoxy) is 1. The van der Waals surface area contributed by atoms with Crippen LogP contribution < -0.4 is 10.1 Å². The topological polar surface area (TPSA) is 77.3 Å². The average molecular weight is 414 g/mol. The van der Waals surface area contributed by atoms with E-state index in [0.29, 0.717) is 27.2 Å². The van der Waals surface area contributed by atoms with Crippen molar-refractivity contribution in [1.82, 2.24) is 10.1 Å². The number of benzene rings is 2. The molecule has 0 unspecified atom stereocenters. The van der Waals surface area contributed by atoms with Crippen LogP contribution in [0.2, 0.25) is 5.02 Å². The van der Waals surface area contributed by atoms with Crippen LogP contribution in [0.15, 0.2) is 47.0 Å². The van der Waals surface area contributed by atoms with Gasteiger partial charge in [-0.05, 0) is 49.7 Å². The van der Waals surface area contributed by atoms with Gasteiger partial charge in [0.15, 0.2) is 10.8 Å². The SMILES string of the molecule is Cc1onc(C(=O)Nc2nc3c(C)cccc3s2)c1COc1ccc(Cl)cc1. The molecule has 0 radical (unpaired) electrons. The summed E-state index contributed by atoms with van der Waals surface area (Å²) in [5.41, 5.74) is 2.71. The standard InChI is InChI=1S/C20H16ClN3O3S/c1-11-4-3-5-16-17(11)22-20(28-16)23-19(25)18-15(12(2)27-24-18)10-26-14-8-6-13(21)7-9-14/h3-9H,10H2,1-2H3,(H,22,23,25). The zero-order valence-electron chi connectivity index (χ0n) is 15.2. The highest BCUT2D eigenvalue weighted by molar-refractivity contribution is 7.22. The molecule has 28 heavy (non-hydrogen) atoms. The Labute approximate surface area is 170 Å². The minimum Gasteiger partial charge on any atom is -0.489 e. The van der Waals surface area contributed by atoms with E-state index in [1.165, 1.54) is 11.3 Å². The van der Waals surface area contributed by atoms with E-state index in [0.717, 1.165) is 15.8 Å². The number of aryl methyl sites for hydroxylation is 2. The van der Waals surface area contributed by atoms with Crippen molar-refractivity contribution in [2.45, 2.75) is 20.5 Å². The number of carbonyl (C=O) groups excluding carboxylic acids is 1. The van der Waals surface area contributed by atoms with Crippen molar-refractivity contribution >= 4 is 44.2 Å². The molecule has 0 saturated heterocycles. The van der Waals surface area contributed by atoms with Crippen molar-refractivity contribution in [2.75, 3.05) is 5.32 Å². The number of para-hydroxylation sites is 1. The third kappa shape index (κ3) is 3.72. The number of hydrogen-bond acceptors (Lipinski definition) is 6. The monoisotopic (exact) mass is 413 g/mol. The number of anilines is 1. The smallest absolute Gasteiger partial charge is 0.280 e. The Balaban J connectivity index is 1.52. The molecule has 0 spiro atoms. The second kappa shape index (κ2) is 7.61. The van der Waals surface area contributed by atoms with Crippen LogP contribution in [-0.4, -0.2) is 16.0 Å². The lowest BCUT2D eigenvalue weighted by Gasteiger charge is -2.06. The van der Waals surface area contributed by atoms with E-state index >= 15 is 0 Å². The molecule has 1 N–H and O–H groups in total. The molecule has 4 rings (SSSR count). The highest BCUT2D eigenvalue weighted by atomic mass is 35.5. The summed E-state index contributed by atoms with van der Waals surface area (Å²) in [7, 11) is 0. The fourth-order valence-electron chi connectivity index (χ4n) is 2.72. The van der Waals surface area contributed by atoms with Gasteiger partial charge in [-0.2, -0.15) is 0 Å². The largest absolute Gasteiger partial charge is 0.489 e. The van der Waals surface area contributed by atoms with Gasteiger partial charge in [0.1, 0.15) is 18.1 Å². The van der Waals surface area contributed by atoms with E-state index in [1.54, 1.807) is 31.2 Å². The number of thiazole rings is 1. The fraction of sp³-hybridized carbons (Fsp3) is 0.150. The molecular formula is C20H16ClN3O3S. The molecular weight excluding hydrogens is 398 g/mol. The first-order valence-corrected chi connectivity index (χ1v) is 9.72. The van der Waals surface area contributed by atoms with Crippen LogP contribution in [0.5, 0.6) is 5.75 Å². The van der Waals surface area contributed by atoms with Crippen LogP contribution >= 0.6 is 22.9 Å². The minimum atomic E-state index is -0.386. The maximum absolute atomic E-state index is 12.7. The molecule has 6 nitrogen and oxygen atoms in total. The van der Waals surface area contributed by atoms with Crippen molar-refractivity contribution in [1.29, 1.82) is 0 Å². The zero-order valence-corrected chi connectivity index (χ0v) is 16.7. The third-order valence-electron chi connectivity index (χ3n) is 4.24. The van der Waals surface area contributed by atoms with E-state index in [4.69, 9.17) is 20.9 Å². The van der Waals surface area contributed by atoms with Crippen LogP contribution in [0.1, 0.15) is 27.4 Å². The molecule has 0 aliphatic heterocycles. The van der Waals surface area contributed by atoms with E-state index in [1.807, 2.05) is 25.1 Å². The van der Waals surface area contributed by atoms with E-state index in [-0.39, 0.29) is 18.2 Å². The molecule has 1 amide bonds. The van der Waals surface area contributed by atoms with Gasteiger partial charge in [0.05, 0.1) is 15.8 Å². The van der Waals surface area contributed by atoms with Gasteiger partial charge in [-0.1, -0.05) is 40.2 Å². The number of carbonyl (C=O) groups is 1. The van der Waals surface area contributed by atoms with Crippen molar-refractivity contribution in [3.8, 4) is 5.75 Å². The number of rotatable bonds is 5. The van der Waals surface area contributed by atoms with Crippen molar-refractivity contribution in [3.05, 3.63) is 70.1 Å². The number of nitrogens with one attached hydrogen (secondary N) is 1. The molecule has 0 bridgehead atoms. The number of halogens is 1. The number of hydrogen-bond donors (Lipinski definition) is 1. The summed E-state index contributed by atoms with van der Waals surface area (Å²) in [6.07, 6.45) is 0. The second-order valence-corrected chi connectivity index (χ2v) is 7.67. The molecule has 0 saturated carbocycles. The fourth-order valence-corrected chi connectivity index (χ4v) is 3.79. The van der Waals surface area contributed by atoms with E-state index < -0.39 is 0 Å². The number of fused-ring (bicyclic) bond motifs is 1. The molecule has 2 aromatic carbocycles. The zero-order chi connectivity index (χ0) is 19.7. The quantitative estimate of drug-likeness (QED) is 0.475. The summed E-state index contributed by atoms with van der Waals surface area (Å²) in [4.78, 5) is 17.2. The lowest BCUT2D eigenvalue weighted by molar-refractivity contribution is 0.101. The van der Waals surface area contributed by atoms with Crippen LogP contribution in [-0.2, 0) is 6.61 Å². The van der Waals surface area contributed by atoms with Gasteiger partial charge < -0.3 is 9.26 Å². The number of nitrogens with zero attached hydrogens (tertiary/aromatic N) is 2. The summed E-state index contributed by atoms with van der Waals surface area (Å²) in [5, 5.41) is 7.84. The summed E-state index contributed by atoms with van der Waals surface area (Å²) < 4.78 is 12.0. The Kier molecular flexibility index (Phi) is 5.02. The first kappa shape index (κ1) is 18.5. The molecule has 0 fully saturated rings. The first-order valence-electron chi connectivity index (χ1n) is 8.52. The molecule has 0 aliphatic carbocycles. The van der Waals surface area contributed by atoms with Gasteiger partial charge in [0, 0.05) is 5.02 Å². The van der Waals surface area contributed by atoms with Gasteiger partial charge >= 0.3 is 0 Å². The Morgan fingerprint density at radius 2 is 2.00 bits per heavy atom. The molecule has 142 valence electrons. The van der Waals surface area contributed by atoms with E-state index in [2.05, 4.69) is 15.5 Å². The van der Waals surface area contributed by atoms with Gasteiger partial charge in [0.25, 0.3) is 5.91 Å². The molecule has 0 aliphatic rings. The van der Waals surface area contributed by atoms with Crippen LogP contribution in [0, 0.1) is 13.8 Å². The summed E-state index contributed by atoms with van der Waals surface area (Å²) >= 11 is 7.29. The summed E-state index contributed by atoms with van der Waals surface area (Å²) in [6.45, 7) is 3.88. The third-order valence-corrected chi connectivity index (χ3v) is 5.43. The average Bonchev–Trinajstić information content (AvgIpc) is 3.25. The number of aromatic nitrogens is 2. The maximum Gasteiger partial charge on any atom is 0.280 e. The van der Waals surface area contributed by atoms with Crippen LogP contribution in [0.3, 0.4) is 0 Å². The van der Waals surface area contributed by atoms with Gasteiger partial charge in [-0.3, -0.25) is 10.1 Å². The van der Waals surface area contributed by atoms with Crippen molar-refractivity contribution in [2.24, 2.45) is 0 Å². The van der Waals surface area contributed by atoms with Crippen molar-refractivity contribution in [3.63, 3.8) is 0 Å². The Morgan fingerprint density at radius 1 is 1.21 bits per heavy atom. The van der Waals surface area contributed by atoms with Crippen LogP contribution in [0.4, 0.5) is 5.13 Å². The Morgan fingerprint density at radius 3 is 2.75 bits per heavy atom. The minimum absolute atomic E-state index is 0.151. The predicted octanol–water partition coefficient (Wildman–Crippen LogP) is 5.39. The van der Waals surface area contributed by atoms with Gasteiger partial charge in [-0.25, -0.2) is 4.98 Å². The molecule has 0 atom stereocenters. The lowest BCUT2D eigenvalue weighted by atomic mass is 10.2. The maximum atomic E-state index is 12.7. The van der Waals surface area contributed by atoms with Gasteiger partial charge in [0.2, 0.25) is 0 Å². The summed E-state index contributed by atoms with van der Waals surface area (Å²) in [6, 6.07) is 12.9. The highest BCUT2D eigenvalue weighted by Gasteiger charge is 2.21. The Hall–Kier alpha value is -2.90. The molecule has 4 aromatic rings. The van der Waals surface area contributed by atoms with Crippen LogP contribution in [0.25, 0.3) is 10.2 Å². The molecule has 8 heteroatoms. The highest BCUT2D eigenvalue weighted by Crippen LogP contribution is 2.28. The lowest BCUT2D eigenvalue weighted by Crippen LogP contribution is -2.15. The second-order valence-electron chi connectivity index (χ2n) is 6.20. The van der Waals surface area contributed by atoms with Gasteiger partial charge in [-0.15, -0.1) is 0 Å². The molecule has 2 heterocycles. The first-order chi connectivity index (χ1) is 13.5. The molecule has 2 aromatic heterocycles. The Bertz CT molecular complexity index is 1150. The van der Waals surface area contributed by atoms with E-state index in [9.17, 15) is 4.79 Å². The number of amides is 1. The normalized spacial score (nSPS) is 11.0. The summed E-state index contributed by atoms with van der Waals surface area (Å²) in [5.74, 6) is 0.778. The predicted molar refractivity (Wildman–Crippen MR) is 109 cm³/mol. The van der Waals surface area contributed by atoms with Crippen molar-refractivity contribution < 1.29 is 14.1 Å².